The minimum absolute atomic E-state index is 0.182. The molecule has 0 atom stereocenters. The number of carbonyl (C=O) groups excluding carboxylic acids is 1. The lowest BCUT2D eigenvalue weighted by atomic mass is 10.1. The number of benzene rings is 3. The number of nitrogens with one attached hydrogen (secondary N) is 2. The molecule has 3 aromatic carbocycles. The molecule has 0 saturated carbocycles. The van der Waals surface area contributed by atoms with Crippen molar-refractivity contribution in [3.63, 3.8) is 0 Å². The summed E-state index contributed by atoms with van der Waals surface area (Å²) in [4.78, 5) is 14.1. The minimum atomic E-state index is -3.59. The van der Waals surface area contributed by atoms with Gasteiger partial charge in [0.2, 0.25) is 15.2 Å². The molecule has 37 heavy (non-hydrogen) atoms. The Kier molecular flexibility index (Phi) is 9.45. The number of nitrogens with zero attached hydrogens (tertiary/aromatic N) is 2. The van der Waals surface area contributed by atoms with Gasteiger partial charge in [-0.25, -0.2) is 13.1 Å². The number of hydrogen-bond acceptors (Lipinski definition) is 7. The summed E-state index contributed by atoms with van der Waals surface area (Å²) < 4.78 is 27.5. The van der Waals surface area contributed by atoms with Crippen LogP contribution in [0.4, 0.5) is 5.13 Å². The molecule has 0 aliphatic carbocycles. The summed E-state index contributed by atoms with van der Waals surface area (Å²) in [5.74, 6) is 0.662. The van der Waals surface area contributed by atoms with Crippen molar-refractivity contribution in [3.05, 3.63) is 101 Å². The van der Waals surface area contributed by atoms with Crippen LogP contribution < -0.4 is 10.0 Å². The average Bonchev–Trinajstić information content (AvgIpc) is 3.34. The van der Waals surface area contributed by atoms with Crippen LogP contribution in [0.1, 0.15) is 32.9 Å². The third-order valence-corrected chi connectivity index (χ3v) is 9.03. The van der Waals surface area contributed by atoms with Gasteiger partial charge < -0.3 is 0 Å². The van der Waals surface area contributed by atoms with Gasteiger partial charge in [0.15, 0.2) is 0 Å². The predicted octanol–water partition coefficient (Wildman–Crippen LogP) is 5.34. The molecule has 2 N–H and O–H groups in total. The number of amides is 1. The van der Waals surface area contributed by atoms with Crippen LogP contribution in [0.2, 0.25) is 0 Å². The van der Waals surface area contributed by atoms with Crippen LogP contribution in [-0.2, 0) is 22.9 Å². The molecular weight excluding hydrogens is 525 g/mol. The number of thioether (sulfide) groups is 1. The number of sulfonamides is 1. The van der Waals surface area contributed by atoms with Crippen LogP contribution in [0, 0.1) is 6.92 Å². The molecule has 4 aromatic rings. The Morgan fingerprint density at radius 3 is 2.43 bits per heavy atom. The summed E-state index contributed by atoms with van der Waals surface area (Å²) in [6.45, 7) is 2.08. The molecule has 1 amide bonds. The standard InChI is InChI=1S/C27H28N4O3S3/c1-20-13-15-22(16-14-20)37(33,34)28-18-17-25-30-31-27(36-25)29-26(32)23-11-5-6-12-24(23)35-19-7-10-21-8-3-2-4-9-21/h2-6,8-9,11-16,28H,7,10,17-19H2,1H3,(H,29,31,32). The first-order valence-corrected chi connectivity index (χ1v) is 15.1. The molecule has 0 saturated heterocycles. The molecule has 1 aromatic heterocycles. The number of hydrogen-bond donors (Lipinski definition) is 2. The number of anilines is 1. The fraction of sp³-hybridized carbons (Fsp3) is 0.222. The average molecular weight is 553 g/mol. The van der Waals surface area contributed by atoms with Gasteiger partial charge in [-0.3, -0.25) is 10.1 Å². The van der Waals surface area contributed by atoms with E-state index in [0.717, 1.165) is 29.1 Å². The van der Waals surface area contributed by atoms with Crippen molar-refractivity contribution < 1.29 is 13.2 Å². The van der Waals surface area contributed by atoms with E-state index in [1.165, 1.54) is 16.9 Å². The zero-order valence-corrected chi connectivity index (χ0v) is 22.8. The molecule has 0 aliphatic rings. The van der Waals surface area contributed by atoms with Gasteiger partial charge in [-0.15, -0.1) is 22.0 Å². The highest BCUT2D eigenvalue weighted by Crippen LogP contribution is 2.25. The van der Waals surface area contributed by atoms with E-state index in [4.69, 9.17) is 0 Å². The zero-order valence-electron chi connectivity index (χ0n) is 20.4. The number of aryl methyl sites for hydroxylation is 2. The van der Waals surface area contributed by atoms with Crippen LogP contribution in [0.5, 0.6) is 0 Å². The second-order valence-corrected chi connectivity index (χ2v) is 12.3. The van der Waals surface area contributed by atoms with Crippen LogP contribution in [-0.4, -0.2) is 36.8 Å². The molecule has 4 rings (SSSR count). The lowest BCUT2D eigenvalue weighted by Gasteiger charge is -2.08. The molecule has 0 bridgehead atoms. The number of carbonyl (C=O) groups is 1. The quantitative estimate of drug-likeness (QED) is 0.182. The Balaban J connectivity index is 1.27. The molecule has 10 heteroatoms. The van der Waals surface area contributed by atoms with Crippen molar-refractivity contribution >= 4 is 44.2 Å². The van der Waals surface area contributed by atoms with E-state index in [0.29, 0.717) is 22.1 Å². The Morgan fingerprint density at radius 1 is 0.919 bits per heavy atom. The summed E-state index contributed by atoms with van der Waals surface area (Å²) in [6, 6.07) is 24.6. The van der Waals surface area contributed by atoms with Gasteiger partial charge in [0, 0.05) is 17.9 Å². The molecule has 192 valence electrons. The van der Waals surface area contributed by atoms with Gasteiger partial charge in [-0.2, -0.15) is 0 Å². The predicted molar refractivity (Wildman–Crippen MR) is 150 cm³/mol. The van der Waals surface area contributed by atoms with Crippen molar-refractivity contribution in [1.29, 1.82) is 0 Å². The first-order valence-electron chi connectivity index (χ1n) is 11.9. The van der Waals surface area contributed by atoms with Gasteiger partial charge in [0.25, 0.3) is 5.91 Å². The first kappa shape index (κ1) is 27.0. The molecular formula is C27H28N4O3S3. The Bertz CT molecular complexity index is 1420. The van der Waals surface area contributed by atoms with Gasteiger partial charge in [0.1, 0.15) is 5.01 Å². The van der Waals surface area contributed by atoms with E-state index in [1.54, 1.807) is 42.1 Å². The molecule has 7 nitrogen and oxygen atoms in total. The highest BCUT2D eigenvalue weighted by Gasteiger charge is 2.16. The smallest absolute Gasteiger partial charge is 0.258 e. The highest BCUT2D eigenvalue weighted by molar-refractivity contribution is 7.99. The minimum Gasteiger partial charge on any atom is -0.296 e. The van der Waals surface area contributed by atoms with Crippen molar-refractivity contribution in [2.75, 3.05) is 17.6 Å². The maximum Gasteiger partial charge on any atom is 0.258 e. The molecule has 0 fully saturated rings. The molecule has 0 spiro atoms. The summed E-state index contributed by atoms with van der Waals surface area (Å²) >= 11 is 2.90. The molecule has 0 aliphatic heterocycles. The SMILES string of the molecule is Cc1ccc(S(=O)(=O)NCCc2nnc(NC(=O)c3ccccc3SCCCc3ccccc3)s2)cc1. The largest absolute Gasteiger partial charge is 0.296 e. The summed E-state index contributed by atoms with van der Waals surface area (Å²) in [5, 5.41) is 12.0. The van der Waals surface area contributed by atoms with E-state index in [2.05, 4.69) is 32.4 Å². The number of rotatable bonds is 12. The highest BCUT2D eigenvalue weighted by atomic mass is 32.2. The van der Waals surface area contributed by atoms with E-state index < -0.39 is 10.0 Å². The fourth-order valence-corrected chi connectivity index (χ4v) is 6.31. The zero-order chi connectivity index (χ0) is 26.1. The van der Waals surface area contributed by atoms with E-state index in [1.807, 2.05) is 43.3 Å². The van der Waals surface area contributed by atoms with Crippen LogP contribution in [0.3, 0.4) is 0 Å². The van der Waals surface area contributed by atoms with E-state index in [9.17, 15) is 13.2 Å². The van der Waals surface area contributed by atoms with Crippen molar-refractivity contribution in [2.24, 2.45) is 0 Å². The fourth-order valence-electron chi connectivity index (χ4n) is 3.55. The van der Waals surface area contributed by atoms with Crippen LogP contribution in [0.25, 0.3) is 0 Å². The second-order valence-electron chi connectivity index (χ2n) is 8.35. The van der Waals surface area contributed by atoms with Crippen LogP contribution >= 0.6 is 23.1 Å². The lowest BCUT2D eigenvalue weighted by molar-refractivity contribution is 0.102. The third kappa shape index (κ3) is 7.96. The van der Waals surface area contributed by atoms with E-state index >= 15 is 0 Å². The summed E-state index contributed by atoms with van der Waals surface area (Å²) in [7, 11) is -3.59. The van der Waals surface area contributed by atoms with Gasteiger partial charge in [-0.1, -0.05) is 71.5 Å². The lowest BCUT2D eigenvalue weighted by Crippen LogP contribution is -2.25. The van der Waals surface area contributed by atoms with Gasteiger partial charge in [-0.05, 0) is 55.3 Å². The number of aromatic nitrogens is 2. The molecule has 0 radical (unpaired) electrons. The Morgan fingerprint density at radius 2 is 1.65 bits per heavy atom. The molecule has 1 heterocycles. The maximum absolute atomic E-state index is 12.9. The van der Waals surface area contributed by atoms with E-state index in [-0.39, 0.29) is 17.3 Å². The monoisotopic (exact) mass is 552 g/mol. The van der Waals surface area contributed by atoms with Gasteiger partial charge >= 0.3 is 0 Å². The Labute approximate surface area is 225 Å². The maximum atomic E-state index is 12.9. The first-order chi connectivity index (χ1) is 17.9. The van der Waals surface area contributed by atoms with Crippen LogP contribution in [0.15, 0.2) is 88.7 Å². The topological polar surface area (TPSA) is 101 Å². The molecule has 0 unspecified atom stereocenters. The van der Waals surface area contributed by atoms with Gasteiger partial charge in [0.05, 0.1) is 10.5 Å². The van der Waals surface area contributed by atoms with Crippen molar-refractivity contribution in [3.8, 4) is 0 Å². The summed E-state index contributed by atoms with van der Waals surface area (Å²) in [6.07, 6.45) is 2.38. The van der Waals surface area contributed by atoms with Crippen molar-refractivity contribution in [1.82, 2.24) is 14.9 Å². The Hall–Kier alpha value is -3.05. The summed E-state index contributed by atoms with van der Waals surface area (Å²) in [5.41, 5.74) is 2.89. The van der Waals surface area contributed by atoms with Crippen molar-refractivity contribution in [2.45, 2.75) is 36.0 Å². The normalized spacial score (nSPS) is 11.4. The second kappa shape index (κ2) is 13.0. The third-order valence-electron chi connectivity index (χ3n) is 5.49.